The molecule has 1 aromatic rings. The third-order valence-corrected chi connectivity index (χ3v) is 4.14. The van der Waals surface area contributed by atoms with Gasteiger partial charge in [0.25, 0.3) is 0 Å². The lowest BCUT2D eigenvalue weighted by molar-refractivity contribution is -0.141. The van der Waals surface area contributed by atoms with Crippen LogP contribution in [0.15, 0.2) is 24.3 Å². The van der Waals surface area contributed by atoms with Crippen LogP contribution in [0, 0.1) is 0 Å². The third kappa shape index (κ3) is 5.48. The smallest absolute Gasteiger partial charge is 0.306 e. The number of methoxy groups -OCH3 is 1. The van der Waals surface area contributed by atoms with Crippen LogP contribution in [0.3, 0.4) is 0 Å². The highest BCUT2D eigenvalue weighted by Crippen LogP contribution is 2.22. The maximum Gasteiger partial charge on any atom is 0.306 e. The van der Waals surface area contributed by atoms with Gasteiger partial charge in [0.1, 0.15) is 12.4 Å². The zero-order valence-corrected chi connectivity index (χ0v) is 13.7. The fraction of sp³-hybridized carbons (Fsp3) is 0.562. The summed E-state index contributed by atoms with van der Waals surface area (Å²) in [5.74, 6) is 0.594. The van der Waals surface area contributed by atoms with Crippen LogP contribution in [0.1, 0.15) is 6.42 Å². The predicted molar refractivity (Wildman–Crippen MR) is 86.5 cm³/mol. The summed E-state index contributed by atoms with van der Waals surface area (Å²) >= 11 is 6.05. The number of carbonyl (C=O) groups excluding carboxylic acids is 1. The van der Waals surface area contributed by atoms with Gasteiger partial charge in [-0.2, -0.15) is 0 Å². The highest BCUT2D eigenvalue weighted by molar-refractivity contribution is 6.32. The Morgan fingerprint density at radius 2 is 1.77 bits per heavy atom. The second-order valence-electron chi connectivity index (χ2n) is 5.29. The van der Waals surface area contributed by atoms with Crippen molar-refractivity contribution in [3.8, 4) is 5.75 Å². The van der Waals surface area contributed by atoms with Crippen molar-refractivity contribution < 1.29 is 14.3 Å². The van der Waals surface area contributed by atoms with Gasteiger partial charge >= 0.3 is 5.97 Å². The molecule has 5 nitrogen and oxygen atoms in total. The summed E-state index contributed by atoms with van der Waals surface area (Å²) in [6.45, 7) is 6.23. The van der Waals surface area contributed by atoms with Crippen molar-refractivity contribution in [1.29, 1.82) is 0 Å². The number of piperazine rings is 1. The molecule has 1 aromatic carbocycles. The van der Waals surface area contributed by atoms with Crippen molar-refractivity contribution in [3.05, 3.63) is 29.3 Å². The molecule has 0 bridgehead atoms. The minimum absolute atomic E-state index is 0.143. The maximum absolute atomic E-state index is 11.1. The summed E-state index contributed by atoms with van der Waals surface area (Å²) in [5, 5.41) is 0.648. The Morgan fingerprint density at radius 3 is 2.41 bits per heavy atom. The number of hydrogen-bond acceptors (Lipinski definition) is 5. The first-order chi connectivity index (χ1) is 10.7. The molecule has 0 unspecified atom stereocenters. The summed E-state index contributed by atoms with van der Waals surface area (Å²) in [6, 6.07) is 7.52. The van der Waals surface area contributed by atoms with Crippen LogP contribution in [0.4, 0.5) is 0 Å². The minimum atomic E-state index is -0.143. The van der Waals surface area contributed by atoms with E-state index >= 15 is 0 Å². The van der Waals surface area contributed by atoms with Gasteiger partial charge in [-0.25, -0.2) is 0 Å². The van der Waals surface area contributed by atoms with Crippen LogP contribution < -0.4 is 4.74 Å². The molecule has 6 heteroatoms. The molecule has 1 fully saturated rings. The molecule has 0 N–H and O–H groups in total. The van der Waals surface area contributed by atoms with Crippen LogP contribution in [0.5, 0.6) is 5.75 Å². The van der Waals surface area contributed by atoms with Gasteiger partial charge in [0.05, 0.1) is 18.6 Å². The highest BCUT2D eigenvalue weighted by atomic mass is 35.5. The molecule has 0 atom stereocenters. The number of nitrogens with zero attached hydrogens (tertiary/aromatic N) is 2. The average Bonchev–Trinajstić information content (AvgIpc) is 2.55. The molecule has 1 heterocycles. The van der Waals surface area contributed by atoms with Gasteiger partial charge in [0.15, 0.2) is 0 Å². The van der Waals surface area contributed by atoms with Gasteiger partial charge < -0.3 is 14.4 Å². The summed E-state index contributed by atoms with van der Waals surface area (Å²) in [6.07, 6.45) is 0.464. The van der Waals surface area contributed by atoms with E-state index in [4.69, 9.17) is 16.3 Å². The minimum Gasteiger partial charge on any atom is -0.491 e. The van der Waals surface area contributed by atoms with Gasteiger partial charge in [-0.15, -0.1) is 0 Å². The monoisotopic (exact) mass is 326 g/mol. The summed E-state index contributed by atoms with van der Waals surface area (Å²) in [7, 11) is 1.43. The van der Waals surface area contributed by atoms with E-state index in [1.54, 1.807) is 0 Å². The first-order valence-electron chi connectivity index (χ1n) is 7.58. The second-order valence-corrected chi connectivity index (χ2v) is 5.70. The van der Waals surface area contributed by atoms with Crippen LogP contribution in [0.25, 0.3) is 0 Å². The number of para-hydroxylation sites is 1. The molecule has 2 rings (SSSR count). The van der Waals surface area contributed by atoms with Crippen molar-refractivity contribution in [2.24, 2.45) is 0 Å². The molecule has 22 heavy (non-hydrogen) atoms. The van der Waals surface area contributed by atoms with Crippen molar-refractivity contribution in [1.82, 2.24) is 9.80 Å². The van der Waals surface area contributed by atoms with E-state index in [0.29, 0.717) is 18.1 Å². The van der Waals surface area contributed by atoms with E-state index in [1.165, 1.54) is 7.11 Å². The van der Waals surface area contributed by atoms with E-state index in [-0.39, 0.29) is 5.97 Å². The molecule has 1 aliphatic rings. The predicted octanol–water partition coefficient (Wildman–Crippen LogP) is 1.90. The third-order valence-electron chi connectivity index (χ3n) is 3.83. The quantitative estimate of drug-likeness (QED) is 0.716. The fourth-order valence-corrected chi connectivity index (χ4v) is 2.62. The first kappa shape index (κ1) is 17.1. The normalized spacial score (nSPS) is 16.5. The zero-order chi connectivity index (χ0) is 15.8. The molecule has 0 saturated carbocycles. The Bertz CT molecular complexity index is 476. The molecule has 0 aliphatic carbocycles. The van der Waals surface area contributed by atoms with Crippen LogP contribution in [-0.4, -0.2) is 68.8 Å². The maximum atomic E-state index is 11.1. The summed E-state index contributed by atoms with van der Waals surface area (Å²) < 4.78 is 10.4. The second kappa shape index (κ2) is 8.98. The Kier molecular flexibility index (Phi) is 6.96. The molecule has 0 spiro atoms. The Morgan fingerprint density at radius 1 is 1.14 bits per heavy atom. The van der Waals surface area contributed by atoms with Gasteiger partial charge in [-0.05, 0) is 12.1 Å². The van der Waals surface area contributed by atoms with E-state index < -0.39 is 0 Å². The van der Waals surface area contributed by atoms with E-state index in [0.717, 1.165) is 45.0 Å². The van der Waals surface area contributed by atoms with Gasteiger partial charge in [-0.1, -0.05) is 23.7 Å². The van der Waals surface area contributed by atoms with Crippen LogP contribution >= 0.6 is 11.6 Å². The van der Waals surface area contributed by atoms with Crippen LogP contribution in [0.2, 0.25) is 5.02 Å². The standard InChI is InChI=1S/C16H23ClN2O3/c1-21-16(20)6-7-18-8-10-19(11-9-18)12-13-22-15-5-3-2-4-14(15)17/h2-5H,6-13H2,1H3. The lowest BCUT2D eigenvalue weighted by atomic mass is 10.3. The lowest BCUT2D eigenvalue weighted by Crippen LogP contribution is -2.47. The van der Waals surface area contributed by atoms with E-state index in [9.17, 15) is 4.79 Å². The highest BCUT2D eigenvalue weighted by Gasteiger charge is 2.17. The van der Waals surface area contributed by atoms with Gasteiger partial charge in [-0.3, -0.25) is 9.69 Å². The molecule has 0 aromatic heterocycles. The molecule has 122 valence electrons. The zero-order valence-electron chi connectivity index (χ0n) is 13.0. The molecule has 0 radical (unpaired) electrons. The van der Waals surface area contributed by atoms with Crippen molar-refractivity contribution in [2.75, 3.05) is 53.0 Å². The fourth-order valence-electron chi connectivity index (χ4n) is 2.43. The van der Waals surface area contributed by atoms with Crippen molar-refractivity contribution in [2.45, 2.75) is 6.42 Å². The molecule has 1 aliphatic heterocycles. The number of halogens is 1. The van der Waals surface area contributed by atoms with E-state index in [1.807, 2.05) is 24.3 Å². The number of esters is 1. The van der Waals surface area contributed by atoms with Gasteiger partial charge in [0, 0.05) is 39.3 Å². The SMILES string of the molecule is COC(=O)CCN1CCN(CCOc2ccccc2Cl)CC1. The number of carbonyl (C=O) groups is 1. The van der Waals surface area contributed by atoms with Crippen molar-refractivity contribution >= 4 is 17.6 Å². The number of rotatable bonds is 7. The Labute approximate surface area is 136 Å². The topological polar surface area (TPSA) is 42.0 Å². The average molecular weight is 327 g/mol. The number of benzene rings is 1. The lowest BCUT2D eigenvalue weighted by Gasteiger charge is -2.34. The van der Waals surface area contributed by atoms with Gasteiger partial charge in [0.2, 0.25) is 0 Å². The molecule has 0 amide bonds. The number of hydrogen-bond donors (Lipinski definition) is 0. The molecule has 1 saturated heterocycles. The molecular weight excluding hydrogens is 304 g/mol. The number of ether oxygens (including phenoxy) is 2. The first-order valence-corrected chi connectivity index (χ1v) is 7.95. The summed E-state index contributed by atoms with van der Waals surface area (Å²) in [5.41, 5.74) is 0. The van der Waals surface area contributed by atoms with Crippen molar-refractivity contribution in [3.63, 3.8) is 0 Å². The Hall–Kier alpha value is -1.30. The molecular formula is C16H23ClN2O3. The van der Waals surface area contributed by atoms with E-state index in [2.05, 4.69) is 14.5 Å². The van der Waals surface area contributed by atoms with Crippen LogP contribution in [-0.2, 0) is 9.53 Å². The largest absolute Gasteiger partial charge is 0.491 e. The summed E-state index contributed by atoms with van der Waals surface area (Å²) in [4.78, 5) is 15.8. The Balaban J connectivity index is 1.61.